The monoisotopic (exact) mass is 196 g/mol. The fourth-order valence-electron chi connectivity index (χ4n) is 0.462. The van der Waals surface area contributed by atoms with Crippen molar-refractivity contribution in [2.75, 3.05) is 13.2 Å². The predicted molar refractivity (Wildman–Crippen MR) is 43.1 cm³/mol. The zero-order valence-corrected chi connectivity index (χ0v) is 6.97. The Morgan fingerprint density at radius 2 is 2.08 bits per heavy atom. The first-order valence-electron chi connectivity index (χ1n) is 3.72. The van der Waals surface area contributed by atoms with Crippen molar-refractivity contribution >= 4 is 6.21 Å². The Morgan fingerprint density at radius 3 is 2.62 bits per heavy atom. The lowest BCUT2D eigenvalue weighted by molar-refractivity contribution is 0.142. The standard InChI is InChI=1S/C7H11F3N2O/c8-6(7(9)10)2-5-13-12-4-1-3-11/h4H,1-3,5,11H2. The second-order valence-electron chi connectivity index (χ2n) is 2.11. The summed E-state index contributed by atoms with van der Waals surface area (Å²) in [5, 5.41) is 3.35. The topological polar surface area (TPSA) is 47.6 Å². The van der Waals surface area contributed by atoms with Gasteiger partial charge in [-0.3, -0.25) is 0 Å². The molecule has 0 aromatic rings. The van der Waals surface area contributed by atoms with Crippen LogP contribution in [0.15, 0.2) is 17.1 Å². The van der Waals surface area contributed by atoms with Crippen LogP contribution in [0.2, 0.25) is 0 Å². The van der Waals surface area contributed by atoms with Crippen molar-refractivity contribution in [3.05, 3.63) is 11.9 Å². The number of hydrogen-bond donors (Lipinski definition) is 1. The van der Waals surface area contributed by atoms with Crippen LogP contribution in [0.5, 0.6) is 0 Å². The van der Waals surface area contributed by atoms with Gasteiger partial charge in [-0.2, -0.15) is 8.78 Å². The number of hydrogen-bond acceptors (Lipinski definition) is 3. The highest BCUT2D eigenvalue weighted by Crippen LogP contribution is 2.12. The van der Waals surface area contributed by atoms with E-state index < -0.39 is 18.3 Å². The molecule has 0 aromatic carbocycles. The Labute approximate surface area is 74.0 Å². The molecule has 0 unspecified atom stereocenters. The van der Waals surface area contributed by atoms with Crippen molar-refractivity contribution in [3.8, 4) is 0 Å². The molecule has 0 amide bonds. The van der Waals surface area contributed by atoms with Crippen molar-refractivity contribution < 1.29 is 18.0 Å². The molecule has 13 heavy (non-hydrogen) atoms. The molecule has 0 saturated carbocycles. The van der Waals surface area contributed by atoms with Crippen molar-refractivity contribution in [1.82, 2.24) is 0 Å². The van der Waals surface area contributed by atoms with Gasteiger partial charge in [0.05, 0.1) is 0 Å². The van der Waals surface area contributed by atoms with Crippen LogP contribution < -0.4 is 5.73 Å². The molecule has 0 radical (unpaired) electrons. The summed E-state index contributed by atoms with van der Waals surface area (Å²) in [5.74, 6) is -1.46. The number of halogens is 3. The van der Waals surface area contributed by atoms with E-state index in [1.165, 1.54) is 6.21 Å². The first-order chi connectivity index (χ1) is 6.18. The minimum Gasteiger partial charge on any atom is -0.396 e. The molecule has 0 aliphatic rings. The van der Waals surface area contributed by atoms with Gasteiger partial charge in [0.25, 0.3) is 0 Å². The minimum atomic E-state index is -2.31. The number of rotatable bonds is 6. The minimum absolute atomic E-state index is 0.204. The quantitative estimate of drug-likeness (QED) is 0.400. The van der Waals surface area contributed by atoms with Crippen LogP contribution in [0.1, 0.15) is 12.8 Å². The molecule has 0 saturated heterocycles. The Hall–Kier alpha value is -1.04. The van der Waals surface area contributed by atoms with Crippen LogP contribution in [0.25, 0.3) is 0 Å². The first kappa shape index (κ1) is 12.0. The van der Waals surface area contributed by atoms with Gasteiger partial charge in [-0.25, -0.2) is 4.39 Å². The molecule has 3 nitrogen and oxygen atoms in total. The van der Waals surface area contributed by atoms with E-state index in [1.807, 2.05) is 0 Å². The van der Waals surface area contributed by atoms with Crippen molar-refractivity contribution in [3.63, 3.8) is 0 Å². The van der Waals surface area contributed by atoms with Gasteiger partial charge in [-0.15, -0.1) is 0 Å². The maximum atomic E-state index is 12.1. The Bertz CT molecular complexity index is 190. The van der Waals surface area contributed by atoms with E-state index in [4.69, 9.17) is 5.73 Å². The fraction of sp³-hybridized carbons (Fsp3) is 0.571. The second-order valence-corrected chi connectivity index (χ2v) is 2.11. The molecule has 6 heteroatoms. The summed E-state index contributed by atoms with van der Waals surface area (Å²) in [7, 11) is 0. The van der Waals surface area contributed by atoms with Gasteiger partial charge < -0.3 is 10.6 Å². The smallest absolute Gasteiger partial charge is 0.301 e. The van der Waals surface area contributed by atoms with Crippen LogP contribution >= 0.6 is 0 Å². The molecule has 0 heterocycles. The third-order valence-corrected chi connectivity index (χ3v) is 1.06. The first-order valence-corrected chi connectivity index (χ1v) is 3.72. The molecule has 76 valence electrons. The van der Waals surface area contributed by atoms with E-state index in [1.54, 1.807) is 0 Å². The maximum absolute atomic E-state index is 12.1. The molecular weight excluding hydrogens is 185 g/mol. The molecule has 0 fully saturated rings. The summed E-state index contributed by atoms with van der Waals surface area (Å²) in [5.41, 5.74) is 5.12. The Balaban J connectivity index is 3.41. The van der Waals surface area contributed by atoms with E-state index in [2.05, 4.69) is 9.99 Å². The van der Waals surface area contributed by atoms with E-state index in [9.17, 15) is 13.2 Å². The predicted octanol–water partition coefficient (Wildman–Crippen LogP) is 1.81. The molecule has 0 aromatic heterocycles. The largest absolute Gasteiger partial charge is 0.396 e. The third-order valence-electron chi connectivity index (χ3n) is 1.06. The Kier molecular flexibility index (Phi) is 6.99. The lowest BCUT2D eigenvalue weighted by Crippen LogP contribution is -1.98. The van der Waals surface area contributed by atoms with Gasteiger partial charge in [0.2, 0.25) is 0 Å². The van der Waals surface area contributed by atoms with Crippen LogP contribution in [0, 0.1) is 0 Å². The van der Waals surface area contributed by atoms with E-state index in [-0.39, 0.29) is 6.61 Å². The highest BCUT2D eigenvalue weighted by atomic mass is 19.3. The summed E-state index contributed by atoms with van der Waals surface area (Å²) < 4.78 is 35.0. The summed E-state index contributed by atoms with van der Waals surface area (Å²) in [4.78, 5) is 4.46. The van der Waals surface area contributed by atoms with Gasteiger partial charge in [0.1, 0.15) is 6.61 Å². The normalized spacial score (nSPS) is 10.5. The maximum Gasteiger partial charge on any atom is 0.301 e. The SMILES string of the molecule is NCCC=NOCCC(F)=C(F)F. The van der Waals surface area contributed by atoms with Crippen molar-refractivity contribution in [1.29, 1.82) is 0 Å². The molecule has 0 aliphatic heterocycles. The molecule has 0 rings (SSSR count). The average Bonchev–Trinajstić information content (AvgIpc) is 2.10. The van der Waals surface area contributed by atoms with Crippen LogP contribution in [-0.4, -0.2) is 19.4 Å². The van der Waals surface area contributed by atoms with Gasteiger partial charge in [0.15, 0.2) is 5.83 Å². The van der Waals surface area contributed by atoms with E-state index >= 15 is 0 Å². The van der Waals surface area contributed by atoms with Gasteiger partial charge in [-0.05, 0) is 13.0 Å². The number of oxime groups is 1. The average molecular weight is 196 g/mol. The van der Waals surface area contributed by atoms with Crippen LogP contribution in [0.4, 0.5) is 13.2 Å². The molecule has 0 spiro atoms. The van der Waals surface area contributed by atoms with Crippen molar-refractivity contribution in [2.45, 2.75) is 12.8 Å². The molecule has 0 bridgehead atoms. The Morgan fingerprint density at radius 1 is 1.38 bits per heavy atom. The van der Waals surface area contributed by atoms with Gasteiger partial charge in [-0.1, -0.05) is 5.16 Å². The second kappa shape index (κ2) is 7.60. The van der Waals surface area contributed by atoms with Gasteiger partial charge in [0, 0.05) is 12.6 Å². The molecule has 0 atom stereocenters. The zero-order valence-electron chi connectivity index (χ0n) is 6.97. The summed E-state index contributed by atoms with van der Waals surface area (Å²) in [6.45, 7) is 0.227. The molecular formula is C7H11F3N2O. The lowest BCUT2D eigenvalue weighted by atomic mass is 10.4. The molecule has 2 N–H and O–H groups in total. The third kappa shape index (κ3) is 7.32. The summed E-state index contributed by atoms with van der Waals surface area (Å²) in [6, 6.07) is 0. The number of nitrogens with two attached hydrogens (primary N) is 1. The lowest BCUT2D eigenvalue weighted by Gasteiger charge is -1.95. The molecule has 0 aliphatic carbocycles. The van der Waals surface area contributed by atoms with Crippen LogP contribution in [-0.2, 0) is 4.84 Å². The van der Waals surface area contributed by atoms with Crippen LogP contribution in [0.3, 0.4) is 0 Å². The highest BCUT2D eigenvalue weighted by Gasteiger charge is 2.03. The zero-order chi connectivity index (χ0) is 10.1. The van der Waals surface area contributed by atoms with Gasteiger partial charge >= 0.3 is 6.08 Å². The highest BCUT2D eigenvalue weighted by molar-refractivity contribution is 5.56. The van der Waals surface area contributed by atoms with E-state index in [0.29, 0.717) is 13.0 Å². The van der Waals surface area contributed by atoms with Crippen molar-refractivity contribution in [2.24, 2.45) is 10.9 Å². The fourth-order valence-corrected chi connectivity index (χ4v) is 0.462. The van der Waals surface area contributed by atoms with E-state index in [0.717, 1.165) is 0 Å². The summed E-state index contributed by atoms with van der Waals surface area (Å²) in [6.07, 6.45) is -0.847. The summed E-state index contributed by atoms with van der Waals surface area (Å²) >= 11 is 0. The number of nitrogens with zero attached hydrogens (tertiary/aromatic N) is 1.